The third-order valence-electron chi connectivity index (χ3n) is 3.75. The molecule has 27 heavy (non-hydrogen) atoms. The molecule has 2 rings (SSSR count). The Hall–Kier alpha value is -1.79. The highest BCUT2D eigenvalue weighted by molar-refractivity contribution is 8.00. The molecule has 2 amide bonds. The number of hydrogen-bond donors (Lipinski definition) is 3. The van der Waals surface area contributed by atoms with E-state index in [9.17, 15) is 31.2 Å². The van der Waals surface area contributed by atoms with Crippen LogP contribution in [0.15, 0.2) is 29.2 Å². The molecule has 3 N–H and O–H groups in total. The van der Waals surface area contributed by atoms with Crippen molar-refractivity contribution < 1.29 is 31.2 Å². The standard InChI is InChI=1S/C15H18F3N3O4S2/c1-8(9-3-5-10(6-4-9)26-15(16,17)18)19-13(23)11-7-12(22)21-14(20-11)27(2,24)25/h3-6,8,11,14,20H,7H2,1-2H3,(H,19,23)(H,21,22)/t8-,11?,14?/m1/s1. The number of thioether (sulfide) groups is 1. The Kier molecular flexibility index (Phi) is 6.43. The first-order valence-electron chi connectivity index (χ1n) is 7.75. The van der Waals surface area contributed by atoms with Gasteiger partial charge in [0.2, 0.25) is 11.8 Å². The van der Waals surface area contributed by atoms with Crippen LogP contribution in [0, 0.1) is 0 Å². The molecule has 0 aliphatic carbocycles. The molecule has 0 bridgehead atoms. The van der Waals surface area contributed by atoms with Crippen LogP contribution in [0.3, 0.4) is 0 Å². The van der Waals surface area contributed by atoms with Gasteiger partial charge in [-0.2, -0.15) is 13.2 Å². The first-order chi connectivity index (χ1) is 12.3. The number of carbonyl (C=O) groups excluding carboxylic acids is 2. The fourth-order valence-corrected chi connectivity index (χ4v) is 3.72. The first kappa shape index (κ1) is 21.5. The van der Waals surface area contributed by atoms with E-state index in [0.717, 1.165) is 6.26 Å². The largest absolute Gasteiger partial charge is 0.446 e. The molecule has 2 unspecified atom stereocenters. The second-order valence-corrected chi connectivity index (χ2v) is 9.32. The molecular formula is C15H18F3N3O4S2. The summed E-state index contributed by atoms with van der Waals surface area (Å²) in [7, 11) is -3.64. The van der Waals surface area contributed by atoms with E-state index in [1.807, 2.05) is 0 Å². The molecule has 1 saturated heterocycles. The fourth-order valence-electron chi connectivity index (χ4n) is 2.43. The number of hydrogen-bond acceptors (Lipinski definition) is 6. The highest BCUT2D eigenvalue weighted by Gasteiger charge is 2.35. The fraction of sp³-hybridized carbons (Fsp3) is 0.467. The van der Waals surface area contributed by atoms with Crippen LogP contribution in [0.5, 0.6) is 0 Å². The van der Waals surface area contributed by atoms with Crippen molar-refractivity contribution in [1.82, 2.24) is 16.0 Å². The summed E-state index contributed by atoms with van der Waals surface area (Å²) >= 11 is -0.238. The molecule has 150 valence electrons. The minimum atomic E-state index is -4.38. The minimum Gasteiger partial charge on any atom is -0.348 e. The van der Waals surface area contributed by atoms with E-state index in [-0.39, 0.29) is 23.1 Å². The van der Waals surface area contributed by atoms with Crippen LogP contribution < -0.4 is 16.0 Å². The third kappa shape index (κ3) is 6.40. The van der Waals surface area contributed by atoms with Gasteiger partial charge in [0.05, 0.1) is 18.5 Å². The molecule has 1 aromatic rings. The van der Waals surface area contributed by atoms with Crippen molar-refractivity contribution in [3.8, 4) is 0 Å². The van der Waals surface area contributed by atoms with Gasteiger partial charge in [0, 0.05) is 11.2 Å². The zero-order chi connectivity index (χ0) is 20.4. The predicted molar refractivity (Wildman–Crippen MR) is 93.2 cm³/mol. The van der Waals surface area contributed by atoms with Crippen LogP contribution >= 0.6 is 11.8 Å². The van der Waals surface area contributed by atoms with Crippen LogP contribution in [0.2, 0.25) is 0 Å². The van der Waals surface area contributed by atoms with Crippen molar-refractivity contribution in [2.75, 3.05) is 6.26 Å². The Morgan fingerprint density at radius 2 is 1.89 bits per heavy atom. The second kappa shape index (κ2) is 8.07. The molecule has 12 heteroatoms. The maximum Gasteiger partial charge on any atom is 0.446 e. The summed E-state index contributed by atoms with van der Waals surface area (Å²) in [6.07, 6.45) is 0.695. The predicted octanol–water partition coefficient (Wildman–Crippen LogP) is 1.28. The van der Waals surface area contributed by atoms with Crippen LogP contribution in [0.4, 0.5) is 13.2 Å². The van der Waals surface area contributed by atoms with Crippen LogP contribution in [-0.4, -0.2) is 43.5 Å². The van der Waals surface area contributed by atoms with Gasteiger partial charge in [0.15, 0.2) is 15.3 Å². The average Bonchev–Trinajstić information content (AvgIpc) is 2.52. The van der Waals surface area contributed by atoms with Gasteiger partial charge in [-0.3, -0.25) is 14.9 Å². The lowest BCUT2D eigenvalue weighted by molar-refractivity contribution is -0.131. The number of nitrogens with one attached hydrogen (secondary N) is 3. The van der Waals surface area contributed by atoms with E-state index < -0.39 is 44.7 Å². The highest BCUT2D eigenvalue weighted by atomic mass is 32.2. The van der Waals surface area contributed by atoms with Gasteiger partial charge in [-0.15, -0.1) is 0 Å². The zero-order valence-corrected chi connectivity index (χ0v) is 16.0. The number of sulfone groups is 1. The van der Waals surface area contributed by atoms with Crippen LogP contribution in [0.25, 0.3) is 0 Å². The Bertz CT molecular complexity index is 813. The van der Waals surface area contributed by atoms with Crippen LogP contribution in [-0.2, 0) is 19.4 Å². The smallest absolute Gasteiger partial charge is 0.348 e. The van der Waals surface area contributed by atoms with Gasteiger partial charge >= 0.3 is 5.51 Å². The molecule has 1 aliphatic rings. The quantitative estimate of drug-likeness (QED) is 0.614. The van der Waals surface area contributed by atoms with E-state index in [4.69, 9.17) is 0 Å². The van der Waals surface area contributed by atoms with Gasteiger partial charge in [0.25, 0.3) is 0 Å². The van der Waals surface area contributed by atoms with Crippen molar-refractivity contribution >= 4 is 33.4 Å². The van der Waals surface area contributed by atoms with Gasteiger partial charge in [-0.05, 0) is 36.4 Å². The molecular weight excluding hydrogens is 407 g/mol. The highest BCUT2D eigenvalue weighted by Crippen LogP contribution is 2.37. The molecule has 0 aromatic heterocycles. The third-order valence-corrected chi connectivity index (χ3v) is 5.60. The SMILES string of the molecule is C[C@@H](NC(=O)C1CC(=O)NC(S(C)(=O)=O)N1)c1ccc(SC(F)(F)F)cc1. The number of rotatable bonds is 5. The van der Waals surface area contributed by atoms with Crippen molar-refractivity contribution in [2.45, 2.75) is 41.3 Å². The number of carbonyl (C=O) groups is 2. The Labute approximate surface area is 158 Å². The molecule has 7 nitrogen and oxygen atoms in total. The maximum absolute atomic E-state index is 12.4. The zero-order valence-electron chi connectivity index (χ0n) is 14.3. The van der Waals surface area contributed by atoms with Gasteiger partial charge in [-0.25, -0.2) is 8.42 Å². The average molecular weight is 425 g/mol. The van der Waals surface area contributed by atoms with Gasteiger partial charge in [0.1, 0.15) is 0 Å². The summed E-state index contributed by atoms with van der Waals surface area (Å²) in [6, 6.07) is 3.91. The van der Waals surface area contributed by atoms with Crippen molar-refractivity contribution in [2.24, 2.45) is 0 Å². The van der Waals surface area contributed by atoms with Gasteiger partial charge in [-0.1, -0.05) is 12.1 Å². The lowest BCUT2D eigenvalue weighted by atomic mass is 10.1. The lowest BCUT2D eigenvalue weighted by Crippen LogP contribution is -2.63. The molecule has 0 saturated carbocycles. The van der Waals surface area contributed by atoms with Crippen LogP contribution in [0.1, 0.15) is 24.9 Å². The minimum absolute atomic E-state index is 0.0198. The van der Waals surface area contributed by atoms with E-state index in [2.05, 4.69) is 16.0 Å². The number of amides is 2. The van der Waals surface area contributed by atoms with Gasteiger partial charge < -0.3 is 10.6 Å². The summed E-state index contributed by atoms with van der Waals surface area (Å²) in [4.78, 5) is 24.0. The molecule has 1 heterocycles. The van der Waals surface area contributed by atoms with E-state index in [0.29, 0.717) is 5.56 Å². The lowest BCUT2D eigenvalue weighted by Gasteiger charge is -2.30. The molecule has 0 spiro atoms. The van der Waals surface area contributed by atoms with Crippen molar-refractivity contribution in [3.05, 3.63) is 29.8 Å². The summed E-state index contributed by atoms with van der Waals surface area (Å²) in [5, 5.41) is 7.41. The van der Waals surface area contributed by atoms with E-state index >= 15 is 0 Å². The van der Waals surface area contributed by atoms with E-state index in [1.54, 1.807) is 6.92 Å². The molecule has 1 aromatic carbocycles. The van der Waals surface area contributed by atoms with Crippen molar-refractivity contribution in [3.63, 3.8) is 0 Å². The Morgan fingerprint density at radius 3 is 2.41 bits per heavy atom. The normalized spacial score (nSPS) is 22.0. The summed E-state index contributed by atoms with van der Waals surface area (Å²) < 4.78 is 60.2. The number of halogens is 3. The van der Waals surface area contributed by atoms with E-state index in [1.165, 1.54) is 24.3 Å². The molecule has 0 radical (unpaired) electrons. The van der Waals surface area contributed by atoms with Crippen molar-refractivity contribution in [1.29, 1.82) is 0 Å². The first-order valence-corrected chi connectivity index (χ1v) is 10.5. The topological polar surface area (TPSA) is 104 Å². The molecule has 1 aliphatic heterocycles. The Morgan fingerprint density at radius 1 is 1.30 bits per heavy atom. The Balaban J connectivity index is 2.01. The number of benzene rings is 1. The summed E-state index contributed by atoms with van der Waals surface area (Å²) in [6.45, 7) is 1.63. The second-order valence-electron chi connectivity index (χ2n) is 6.05. The molecule has 1 fully saturated rings. The summed E-state index contributed by atoms with van der Waals surface area (Å²) in [5.41, 5.74) is -5.18. The monoisotopic (exact) mass is 425 g/mol. The summed E-state index contributed by atoms with van der Waals surface area (Å²) in [5.74, 6) is -1.16. The maximum atomic E-state index is 12.4. The molecule has 3 atom stereocenters. The number of alkyl halides is 3.